The summed E-state index contributed by atoms with van der Waals surface area (Å²) in [6, 6.07) is 11.7. The van der Waals surface area contributed by atoms with Crippen molar-refractivity contribution in [2.24, 2.45) is 0 Å². The van der Waals surface area contributed by atoms with E-state index in [1.807, 2.05) is 47.9 Å². The van der Waals surface area contributed by atoms with Crippen LogP contribution in [0.2, 0.25) is 0 Å². The summed E-state index contributed by atoms with van der Waals surface area (Å²) in [5.41, 5.74) is 3.74. The maximum Gasteiger partial charge on any atom is 0.191 e. The summed E-state index contributed by atoms with van der Waals surface area (Å²) in [6.45, 7) is 2.60. The minimum absolute atomic E-state index is 0.616. The average Bonchev–Trinajstić information content (AvgIpc) is 3.25. The van der Waals surface area contributed by atoms with Crippen LogP contribution in [0.5, 0.6) is 0 Å². The number of hydrogen-bond acceptors (Lipinski definition) is 6. The Hall–Kier alpha value is -2.67. The third-order valence-electron chi connectivity index (χ3n) is 3.67. The number of hydrogen-bond donors (Lipinski definition) is 0. The fourth-order valence-electron chi connectivity index (χ4n) is 2.43. The number of para-hydroxylation sites is 2. The molecule has 7 heteroatoms. The van der Waals surface area contributed by atoms with Gasteiger partial charge in [0, 0.05) is 5.75 Å². The lowest BCUT2D eigenvalue weighted by Crippen LogP contribution is -2.01. The SMILES string of the molecule is Cc1nc2ccccc2nc1CSc1nncn1Cc1ccco1. The van der Waals surface area contributed by atoms with E-state index in [1.54, 1.807) is 24.4 Å². The third kappa shape index (κ3) is 3.03. The molecule has 0 aliphatic carbocycles. The topological polar surface area (TPSA) is 69.6 Å². The Balaban J connectivity index is 1.53. The zero-order valence-electron chi connectivity index (χ0n) is 13.1. The molecule has 0 spiro atoms. The van der Waals surface area contributed by atoms with E-state index in [0.717, 1.165) is 33.3 Å². The van der Waals surface area contributed by atoms with Gasteiger partial charge in [-0.05, 0) is 31.2 Å². The van der Waals surface area contributed by atoms with Gasteiger partial charge in [-0.25, -0.2) is 9.97 Å². The summed E-state index contributed by atoms with van der Waals surface area (Å²) in [4.78, 5) is 9.35. The fraction of sp³-hybridized carbons (Fsp3) is 0.176. The summed E-state index contributed by atoms with van der Waals surface area (Å²) >= 11 is 1.60. The van der Waals surface area contributed by atoms with Crippen molar-refractivity contribution in [3.63, 3.8) is 0 Å². The van der Waals surface area contributed by atoms with Gasteiger partial charge in [0.25, 0.3) is 0 Å². The lowest BCUT2D eigenvalue weighted by atomic mass is 10.2. The zero-order valence-corrected chi connectivity index (χ0v) is 13.9. The van der Waals surface area contributed by atoms with E-state index >= 15 is 0 Å². The average molecular weight is 337 g/mol. The Morgan fingerprint density at radius 2 is 1.92 bits per heavy atom. The molecule has 4 aromatic rings. The maximum atomic E-state index is 5.38. The second-order valence-corrected chi connectivity index (χ2v) is 6.30. The van der Waals surface area contributed by atoms with Crippen molar-refractivity contribution < 1.29 is 4.42 Å². The first-order valence-electron chi connectivity index (χ1n) is 7.55. The molecule has 0 aliphatic rings. The molecule has 0 amide bonds. The van der Waals surface area contributed by atoms with Crippen molar-refractivity contribution in [1.82, 2.24) is 24.7 Å². The minimum atomic E-state index is 0.616. The van der Waals surface area contributed by atoms with Gasteiger partial charge in [-0.1, -0.05) is 23.9 Å². The molecule has 24 heavy (non-hydrogen) atoms. The molecular formula is C17H15N5OS. The molecule has 0 atom stereocenters. The molecule has 6 nitrogen and oxygen atoms in total. The highest BCUT2D eigenvalue weighted by Crippen LogP contribution is 2.23. The van der Waals surface area contributed by atoms with Crippen molar-refractivity contribution in [2.75, 3.05) is 0 Å². The number of aromatic nitrogens is 5. The predicted molar refractivity (Wildman–Crippen MR) is 91.7 cm³/mol. The van der Waals surface area contributed by atoms with E-state index < -0.39 is 0 Å². The highest BCUT2D eigenvalue weighted by Gasteiger charge is 2.10. The lowest BCUT2D eigenvalue weighted by Gasteiger charge is -2.07. The van der Waals surface area contributed by atoms with Crippen LogP contribution in [0.3, 0.4) is 0 Å². The van der Waals surface area contributed by atoms with E-state index in [2.05, 4.69) is 15.2 Å². The van der Waals surface area contributed by atoms with Crippen LogP contribution in [-0.4, -0.2) is 24.7 Å². The Kier molecular flexibility index (Phi) is 4.00. The summed E-state index contributed by atoms with van der Waals surface area (Å²) in [5.74, 6) is 1.57. The van der Waals surface area contributed by atoms with E-state index in [1.165, 1.54) is 0 Å². The number of nitrogens with zero attached hydrogens (tertiary/aromatic N) is 5. The number of fused-ring (bicyclic) bond motifs is 1. The molecule has 1 aromatic carbocycles. The number of furan rings is 1. The van der Waals surface area contributed by atoms with Gasteiger partial charge in [-0.15, -0.1) is 10.2 Å². The van der Waals surface area contributed by atoms with Crippen molar-refractivity contribution >= 4 is 22.8 Å². The molecule has 0 bridgehead atoms. The second-order valence-electron chi connectivity index (χ2n) is 5.35. The van der Waals surface area contributed by atoms with E-state index in [4.69, 9.17) is 9.40 Å². The number of thioether (sulfide) groups is 1. The first-order valence-corrected chi connectivity index (χ1v) is 8.53. The second kappa shape index (κ2) is 6.45. The first-order chi connectivity index (χ1) is 11.8. The van der Waals surface area contributed by atoms with Crippen molar-refractivity contribution in [2.45, 2.75) is 24.4 Å². The van der Waals surface area contributed by atoms with Crippen molar-refractivity contribution in [1.29, 1.82) is 0 Å². The van der Waals surface area contributed by atoms with E-state index in [9.17, 15) is 0 Å². The molecule has 0 aliphatic heterocycles. The molecule has 120 valence electrons. The van der Waals surface area contributed by atoms with E-state index in [0.29, 0.717) is 12.3 Å². The van der Waals surface area contributed by atoms with Crippen LogP contribution in [0.25, 0.3) is 11.0 Å². The molecule has 0 saturated carbocycles. The van der Waals surface area contributed by atoms with Crippen LogP contribution >= 0.6 is 11.8 Å². The van der Waals surface area contributed by atoms with Gasteiger partial charge >= 0.3 is 0 Å². The van der Waals surface area contributed by atoms with Gasteiger partial charge in [0.05, 0.1) is 35.2 Å². The highest BCUT2D eigenvalue weighted by atomic mass is 32.2. The summed E-state index contributed by atoms with van der Waals surface area (Å²) in [5, 5.41) is 9.03. The minimum Gasteiger partial charge on any atom is -0.467 e. The smallest absolute Gasteiger partial charge is 0.191 e. The summed E-state index contributed by atoms with van der Waals surface area (Å²) < 4.78 is 7.35. The van der Waals surface area contributed by atoms with Crippen LogP contribution in [-0.2, 0) is 12.3 Å². The molecule has 0 saturated heterocycles. The Morgan fingerprint density at radius 1 is 1.08 bits per heavy atom. The Labute approximate surface area is 143 Å². The van der Waals surface area contributed by atoms with Gasteiger partial charge in [-0.3, -0.25) is 0 Å². The molecule has 0 radical (unpaired) electrons. The van der Waals surface area contributed by atoms with Gasteiger partial charge in [0.2, 0.25) is 0 Å². The van der Waals surface area contributed by atoms with Crippen LogP contribution in [0.15, 0.2) is 58.6 Å². The Bertz CT molecular complexity index is 964. The van der Waals surface area contributed by atoms with Crippen LogP contribution in [0, 0.1) is 6.92 Å². The first kappa shape index (κ1) is 14.9. The largest absolute Gasteiger partial charge is 0.467 e. The monoisotopic (exact) mass is 337 g/mol. The number of rotatable bonds is 5. The van der Waals surface area contributed by atoms with E-state index in [-0.39, 0.29) is 0 Å². The van der Waals surface area contributed by atoms with Crippen molar-refractivity contribution in [3.8, 4) is 0 Å². The molecule has 0 fully saturated rings. The van der Waals surface area contributed by atoms with Crippen LogP contribution < -0.4 is 0 Å². The zero-order chi connectivity index (χ0) is 16.4. The molecule has 0 N–H and O–H groups in total. The molecule has 3 heterocycles. The maximum absolute atomic E-state index is 5.38. The third-order valence-corrected chi connectivity index (χ3v) is 4.66. The summed E-state index contributed by atoms with van der Waals surface area (Å²) in [7, 11) is 0. The Morgan fingerprint density at radius 3 is 2.71 bits per heavy atom. The lowest BCUT2D eigenvalue weighted by molar-refractivity contribution is 0.484. The highest BCUT2D eigenvalue weighted by molar-refractivity contribution is 7.98. The number of benzene rings is 1. The molecular weight excluding hydrogens is 322 g/mol. The molecule has 3 aromatic heterocycles. The predicted octanol–water partition coefficient (Wildman–Crippen LogP) is 3.46. The number of aryl methyl sites for hydroxylation is 1. The van der Waals surface area contributed by atoms with Crippen LogP contribution in [0.4, 0.5) is 0 Å². The molecule has 4 rings (SSSR count). The van der Waals surface area contributed by atoms with Crippen LogP contribution in [0.1, 0.15) is 17.1 Å². The quantitative estimate of drug-likeness (QED) is 0.519. The van der Waals surface area contributed by atoms with Gasteiger partial charge < -0.3 is 8.98 Å². The summed E-state index contributed by atoms with van der Waals surface area (Å²) in [6.07, 6.45) is 3.38. The van der Waals surface area contributed by atoms with Crippen molar-refractivity contribution in [3.05, 3.63) is 66.1 Å². The standard InChI is InChI=1S/C17H15N5OS/c1-12-16(20-15-7-3-2-6-14(15)19-12)10-24-17-21-18-11-22(17)9-13-5-4-8-23-13/h2-8,11H,9-10H2,1H3. The van der Waals surface area contributed by atoms with Gasteiger partial charge in [0.15, 0.2) is 5.16 Å². The normalized spacial score (nSPS) is 11.2. The van der Waals surface area contributed by atoms with Gasteiger partial charge in [0.1, 0.15) is 12.1 Å². The molecule has 0 unspecified atom stereocenters. The fourth-order valence-corrected chi connectivity index (χ4v) is 3.35. The van der Waals surface area contributed by atoms with Gasteiger partial charge in [-0.2, -0.15) is 0 Å².